The Hall–Kier alpha value is -0.887. The van der Waals surface area contributed by atoms with E-state index in [9.17, 15) is 4.79 Å². The second-order valence-corrected chi connectivity index (χ2v) is 2.83. The molecule has 0 saturated carbocycles. The Balaban J connectivity index is 0. The number of amides is 1. The molecule has 0 atom stereocenters. The van der Waals surface area contributed by atoms with Crippen LogP contribution >= 0.6 is 0 Å². The summed E-state index contributed by atoms with van der Waals surface area (Å²) in [6, 6.07) is 3.29. The second kappa shape index (κ2) is 7.41. The van der Waals surface area contributed by atoms with Crippen molar-refractivity contribution in [3.63, 3.8) is 0 Å². The van der Waals surface area contributed by atoms with Gasteiger partial charge in [0.05, 0.1) is 5.56 Å². The number of carbonyl (C=O) groups is 1. The van der Waals surface area contributed by atoms with Gasteiger partial charge in [-0.15, -0.1) is 0 Å². The first kappa shape index (κ1) is 16.5. The van der Waals surface area contributed by atoms with Gasteiger partial charge in [0.15, 0.2) is 0 Å². The number of hydrogen-bond donors (Lipinski definition) is 1. The molecule has 0 radical (unpaired) electrons. The van der Waals surface area contributed by atoms with Gasteiger partial charge in [-0.1, -0.05) is 0 Å². The number of aromatic nitrogens is 1. The number of nitrogens with two attached hydrogens (primary N) is 1. The van der Waals surface area contributed by atoms with Crippen LogP contribution in [0.15, 0.2) is 24.5 Å². The fourth-order valence-corrected chi connectivity index (χ4v) is 0.509. The predicted molar refractivity (Wildman–Crippen MR) is 43.2 cm³/mol. The topological polar surface area (TPSA) is 136 Å². The largest absolute Gasteiger partial charge is 2.00 e. The van der Waals surface area contributed by atoms with Crippen molar-refractivity contribution >= 4 is 16.3 Å². The number of carbonyl (C=O) groups excluding carboxylic acids is 1. The molecule has 1 rings (SSSR count). The second-order valence-electron chi connectivity index (χ2n) is 2.01. The van der Waals surface area contributed by atoms with Crippen LogP contribution in [0.2, 0.25) is 0 Å². The molecule has 15 heavy (non-hydrogen) atoms. The SMILES string of the molecule is NC(=O)c1cccnc1.O=S(=O)([O-])[O-].[Zn+2]. The van der Waals surface area contributed by atoms with Crippen LogP contribution in [-0.4, -0.2) is 28.4 Å². The summed E-state index contributed by atoms with van der Waals surface area (Å²) in [6.07, 6.45) is 3.02. The van der Waals surface area contributed by atoms with E-state index < -0.39 is 16.3 Å². The third-order valence-corrected chi connectivity index (χ3v) is 0.946. The molecule has 0 aromatic carbocycles. The maximum absolute atomic E-state index is 10.4. The van der Waals surface area contributed by atoms with Crippen molar-refractivity contribution < 1.29 is 41.8 Å². The first-order chi connectivity index (χ1) is 6.30. The Kier molecular flexibility index (Phi) is 8.17. The zero-order chi connectivity index (χ0) is 11.2. The Bertz CT molecular complexity index is 385. The molecule has 0 aliphatic carbocycles. The molecule has 1 amide bonds. The first-order valence-corrected chi connectivity index (χ1v) is 4.50. The van der Waals surface area contributed by atoms with Crippen LogP contribution < -0.4 is 5.73 Å². The minimum atomic E-state index is -5.17. The number of primary amides is 1. The van der Waals surface area contributed by atoms with E-state index in [0.29, 0.717) is 5.56 Å². The Morgan fingerprint density at radius 3 is 2.07 bits per heavy atom. The summed E-state index contributed by atoms with van der Waals surface area (Å²) in [5.74, 6) is -0.442. The number of pyridine rings is 1. The van der Waals surface area contributed by atoms with E-state index in [1.54, 1.807) is 18.3 Å². The summed E-state index contributed by atoms with van der Waals surface area (Å²) in [5.41, 5.74) is 5.38. The van der Waals surface area contributed by atoms with Crippen LogP contribution in [0.3, 0.4) is 0 Å². The third kappa shape index (κ3) is 13.1. The summed E-state index contributed by atoms with van der Waals surface area (Å²) in [7, 11) is -5.17. The van der Waals surface area contributed by atoms with Crippen LogP contribution in [-0.2, 0) is 29.9 Å². The van der Waals surface area contributed by atoms with Crippen molar-refractivity contribution in [2.45, 2.75) is 0 Å². The summed E-state index contributed by atoms with van der Waals surface area (Å²) in [6.45, 7) is 0. The van der Waals surface area contributed by atoms with Crippen molar-refractivity contribution in [1.29, 1.82) is 0 Å². The van der Waals surface area contributed by atoms with Crippen LogP contribution in [0, 0.1) is 0 Å². The summed E-state index contributed by atoms with van der Waals surface area (Å²) in [5, 5.41) is 0. The molecule has 2 N–H and O–H groups in total. The average molecular weight is 284 g/mol. The maximum atomic E-state index is 10.4. The molecule has 0 saturated heterocycles. The van der Waals surface area contributed by atoms with Gasteiger partial charge in [-0.2, -0.15) is 0 Å². The molecule has 1 aromatic heterocycles. The third-order valence-electron chi connectivity index (χ3n) is 0.946. The van der Waals surface area contributed by atoms with E-state index in [0.717, 1.165) is 0 Å². The minimum Gasteiger partial charge on any atom is -0.759 e. The molecule has 78 valence electrons. The zero-order valence-corrected chi connectivity index (χ0v) is 11.3. The molecule has 7 nitrogen and oxygen atoms in total. The predicted octanol–water partition coefficient (Wildman–Crippen LogP) is -1.16. The molecule has 1 heterocycles. The first-order valence-electron chi connectivity index (χ1n) is 3.17. The fourth-order valence-electron chi connectivity index (χ4n) is 0.509. The molecule has 0 fully saturated rings. The van der Waals surface area contributed by atoms with Crippen molar-refractivity contribution in [3.8, 4) is 0 Å². The van der Waals surface area contributed by atoms with Crippen LogP contribution in [0.5, 0.6) is 0 Å². The van der Waals surface area contributed by atoms with Gasteiger partial charge in [0.25, 0.3) is 0 Å². The van der Waals surface area contributed by atoms with Crippen molar-refractivity contribution in [2.24, 2.45) is 5.73 Å². The van der Waals surface area contributed by atoms with Crippen LogP contribution in [0.4, 0.5) is 0 Å². The molecular weight excluding hydrogens is 278 g/mol. The smallest absolute Gasteiger partial charge is 0.759 e. The molecular formula is C6H6N2O5SZn. The fraction of sp³-hybridized carbons (Fsp3) is 0. The molecule has 0 unspecified atom stereocenters. The molecule has 0 spiro atoms. The maximum Gasteiger partial charge on any atom is 2.00 e. The quantitative estimate of drug-likeness (QED) is 0.392. The van der Waals surface area contributed by atoms with E-state index in [-0.39, 0.29) is 19.5 Å². The monoisotopic (exact) mass is 282 g/mol. The van der Waals surface area contributed by atoms with Gasteiger partial charge >= 0.3 is 19.5 Å². The number of rotatable bonds is 1. The van der Waals surface area contributed by atoms with E-state index in [2.05, 4.69) is 4.98 Å². The van der Waals surface area contributed by atoms with Gasteiger partial charge in [-0.25, -0.2) is 0 Å². The number of nitrogens with zero attached hydrogens (tertiary/aromatic N) is 1. The van der Waals surface area contributed by atoms with E-state index >= 15 is 0 Å². The van der Waals surface area contributed by atoms with Crippen molar-refractivity contribution in [1.82, 2.24) is 4.98 Å². The van der Waals surface area contributed by atoms with E-state index in [4.69, 9.17) is 23.3 Å². The van der Waals surface area contributed by atoms with E-state index in [1.807, 2.05) is 0 Å². The van der Waals surface area contributed by atoms with Gasteiger partial charge < -0.3 is 14.8 Å². The van der Waals surface area contributed by atoms with Gasteiger partial charge in [0.1, 0.15) is 0 Å². The zero-order valence-electron chi connectivity index (χ0n) is 7.49. The standard InChI is InChI=1S/C6H6N2O.H2O4S.Zn/c7-6(9)5-2-1-3-8-4-5;1-5(2,3)4;/h1-4H,(H2,7,9);(H2,1,2,3,4);/q;;+2/p-2. The van der Waals surface area contributed by atoms with Crippen molar-refractivity contribution in [3.05, 3.63) is 30.1 Å². The van der Waals surface area contributed by atoms with Gasteiger partial charge in [-0.3, -0.25) is 18.2 Å². The Labute approximate surface area is 99.0 Å². The molecule has 0 aliphatic rings. The van der Waals surface area contributed by atoms with Gasteiger partial charge in [-0.05, 0) is 12.1 Å². The van der Waals surface area contributed by atoms with Crippen LogP contribution in [0.1, 0.15) is 10.4 Å². The van der Waals surface area contributed by atoms with Crippen LogP contribution in [0.25, 0.3) is 0 Å². The molecule has 9 heteroatoms. The molecule has 0 bridgehead atoms. The van der Waals surface area contributed by atoms with Crippen molar-refractivity contribution in [2.75, 3.05) is 0 Å². The minimum absolute atomic E-state index is 0. The molecule has 0 aliphatic heterocycles. The summed E-state index contributed by atoms with van der Waals surface area (Å²) < 4.78 is 34.1. The average Bonchev–Trinajstić information content (AvgIpc) is 2.03. The summed E-state index contributed by atoms with van der Waals surface area (Å²) >= 11 is 0. The van der Waals surface area contributed by atoms with E-state index in [1.165, 1.54) is 6.20 Å². The van der Waals surface area contributed by atoms with Gasteiger partial charge in [0.2, 0.25) is 5.91 Å². The normalized spacial score (nSPS) is 9.20. The van der Waals surface area contributed by atoms with Gasteiger partial charge in [0, 0.05) is 22.8 Å². The molecule has 1 aromatic rings. The Morgan fingerprint density at radius 1 is 1.40 bits per heavy atom. The number of hydrogen-bond acceptors (Lipinski definition) is 6. The summed E-state index contributed by atoms with van der Waals surface area (Å²) in [4.78, 5) is 14.1. The Morgan fingerprint density at radius 2 is 1.87 bits per heavy atom.